The van der Waals surface area contributed by atoms with Gasteiger partial charge in [0.1, 0.15) is 0 Å². The molecule has 0 unspecified atom stereocenters. The van der Waals surface area contributed by atoms with Gasteiger partial charge in [0, 0.05) is 38.5 Å². The molecule has 0 N–H and O–H groups in total. The van der Waals surface area contributed by atoms with Crippen LogP contribution < -0.4 is 0 Å². The molecule has 4 nitrogen and oxygen atoms in total. The average molecular weight is 342 g/mol. The van der Waals surface area contributed by atoms with Crippen molar-refractivity contribution in [3.8, 4) is 0 Å². The van der Waals surface area contributed by atoms with Crippen molar-refractivity contribution in [1.82, 2.24) is 9.47 Å². The number of carbonyl (C=O) groups is 1. The summed E-state index contributed by atoms with van der Waals surface area (Å²) in [5.41, 5.74) is 3.70. The molecule has 0 aliphatic carbocycles. The van der Waals surface area contributed by atoms with Crippen molar-refractivity contribution in [3.63, 3.8) is 0 Å². The van der Waals surface area contributed by atoms with Crippen LogP contribution in [-0.4, -0.2) is 35.6 Å². The van der Waals surface area contributed by atoms with Crippen molar-refractivity contribution in [2.45, 2.75) is 46.2 Å². The average Bonchev–Trinajstić information content (AvgIpc) is 3.03. The molecule has 0 aliphatic heterocycles. The normalized spacial score (nSPS) is 10.8. The highest BCUT2D eigenvalue weighted by Gasteiger charge is 2.15. The summed E-state index contributed by atoms with van der Waals surface area (Å²) in [5, 5.41) is 0. The second kappa shape index (κ2) is 10.0. The predicted molar refractivity (Wildman–Crippen MR) is 102 cm³/mol. The molecule has 0 fully saturated rings. The zero-order valence-corrected chi connectivity index (χ0v) is 15.7. The number of amides is 1. The SMILES string of the molecule is CCCCC(=O)N(CCOC)Cc1cccn1Cc1cccc(C)c1. The van der Waals surface area contributed by atoms with Gasteiger partial charge in [0.2, 0.25) is 5.91 Å². The van der Waals surface area contributed by atoms with E-state index in [9.17, 15) is 4.79 Å². The Labute approximate surface area is 151 Å². The highest BCUT2D eigenvalue weighted by molar-refractivity contribution is 5.76. The van der Waals surface area contributed by atoms with Gasteiger partial charge in [0.25, 0.3) is 0 Å². The zero-order chi connectivity index (χ0) is 18.1. The number of nitrogens with zero attached hydrogens (tertiary/aromatic N) is 2. The summed E-state index contributed by atoms with van der Waals surface area (Å²) in [7, 11) is 1.68. The molecule has 136 valence electrons. The smallest absolute Gasteiger partial charge is 0.222 e. The van der Waals surface area contributed by atoms with Gasteiger partial charge in [-0.1, -0.05) is 43.2 Å². The molecule has 1 amide bonds. The molecule has 1 aromatic carbocycles. The largest absolute Gasteiger partial charge is 0.383 e. The summed E-state index contributed by atoms with van der Waals surface area (Å²) in [5.74, 6) is 0.210. The Kier molecular flexibility index (Phi) is 7.74. The molecule has 1 aromatic heterocycles. The minimum absolute atomic E-state index is 0.210. The van der Waals surface area contributed by atoms with Crippen LogP contribution in [0.2, 0.25) is 0 Å². The summed E-state index contributed by atoms with van der Waals surface area (Å²) in [6.45, 7) is 6.87. The number of aryl methyl sites for hydroxylation is 1. The van der Waals surface area contributed by atoms with Gasteiger partial charge in [-0.05, 0) is 31.0 Å². The number of carbonyl (C=O) groups excluding carboxylic acids is 1. The number of aromatic nitrogens is 1. The molecule has 2 rings (SSSR count). The fourth-order valence-electron chi connectivity index (χ4n) is 2.93. The first-order valence-electron chi connectivity index (χ1n) is 9.10. The molecule has 0 atom stereocenters. The fourth-order valence-corrected chi connectivity index (χ4v) is 2.93. The molecule has 0 aliphatic rings. The zero-order valence-electron chi connectivity index (χ0n) is 15.7. The second-order valence-electron chi connectivity index (χ2n) is 6.53. The maximum atomic E-state index is 12.5. The van der Waals surface area contributed by atoms with E-state index in [1.165, 1.54) is 11.1 Å². The first kappa shape index (κ1) is 19.3. The summed E-state index contributed by atoms with van der Waals surface area (Å²) in [4.78, 5) is 14.4. The Morgan fingerprint density at radius 3 is 2.80 bits per heavy atom. The van der Waals surface area contributed by atoms with E-state index in [2.05, 4.69) is 61.0 Å². The van der Waals surface area contributed by atoms with E-state index in [0.717, 1.165) is 25.1 Å². The number of rotatable bonds is 10. The monoisotopic (exact) mass is 342 g/mol. The van der Waals surface area contributed by atoms with Crippen molar-refractivity contribution >= 4 is 5.91 Å². The quantitative estimate of drug-likeness (QED) is 0.654. The number of methoxy groups -OCH3 is 1. The first-order chi connectivity index (χ1) is 12.1. The Morgan fingerprint density at radius 1 is 1.24 bits per heavy atom. The van der Waals surface area contributed by atoms with E-state index in [0.29, 0.717) is 26.1 Å². The van der Waals surface area contributed by atoms with Gasteiger partial charge in [-0.25, -0.2) is 0 Å². The van der Waals surface area contributed by atoms with E-state index >= 15 is 0 Å². The third kappa shape index (κ3) is 6.05. The number of unbranched alkanes of at least 4 members (excludes halogenated alkanes) is 1. The summed E-state index contributed by atoms with van der Waals surface area (Å²) in [6, 6.07) is 12.7. The number of ether oxygens (including phenoxy) is 1. The van der Waals surface area contributed by atoms with Crippen LogP contribution in [0.25, 0.3) is 0 Å². The van der Waals surface area contributed by atoms with Gasteiger partial charge in [-0.3, -0.25) is 4.79 Å². The van der Waals surface area contributed by atoms with E-state index < -0.39 is 0 Å². The molecular weight excluding hydrogens is 312 g/mol. The van der Waals surface area contributed by atoms with E-state index in [1.807, 2.05) is 4.90 Å². The van der Waals surface area contributed by atoms with Crippen LogP contribution in [0.3, 0.4) is 0 Å². The molecule has 0 spiro atoms. The molecule has 25 heavy (non-hydrogen) atoms. The lowest BCUT2D eigenvalue weighted by atomic mass is 10.1. The van der Waals surface area contributed by atoms with Crippen molar-refractivity contribution in [1.29, 1.82) is 0 Å². The number of hydrogen-bond acceptors (Lipinski definition) is 2. The lowest BCUT2D eigenvalue weighted by Gasteiger charge is -2.23. The van der Waals surface area contributed by atoms with Crippen molar-refractivity contribution in [2.75, 3.05) is 20.3 Å². The topological polar surface area (TPSA) is 34.5 Å². The molecule has 0 saturated carbocycles. The van der Waals surface area contributed by atoms with Gasteiger partial charge in [-0.15, -0.1) is 0 Å². The van der Waals surface area contributed by atoms with Crippen LogP contribution in [0, 0.1) is 6.92 Å². The van der Waals surface area contributed by atoms with E-state index in [1.54, 1.807) is 7.11 Å². The predicted octanol–water partition coefficient (Wildman–Crippen LogP) is 4.01. The summed E-state index contributed by atoms with van der Waals surface area (Å²) < 4.78 is 7.41. The number of benzene rings is 1. The third-order valence-electron chi connectivity index (χ3n) is 4.37. The molecule has 0 radical (unpaired) electrons. The van der Waals surface area contributed by atoms with Crippen LogP contribution >= 0.6 is 0 Å². The Morgan fingerprint density at radius 2 is 2.08 bits per heavy atom. The molecular formula is C21H30N2O2. The Bertz CT molecular complexity index is 663. The summed E-state index contributed by atoms with van der Waals surface area (Å²) in [6.07, 6.45) is 4.67. The molecule has 4 heteroatoms. The van der Waals surface area contributed by atoms with Crippen LogP contribution in [0.5, 0.6) is 0 Å². The highest BCUT2D eigenvalue weighted by atomic mass is 16.5. The first-order valence-corrected chi connectivity index (χ1v) is 9.10. The van der Waals surface area contributed by atoms with Gasteiger partial charge >= 0.3 is 0 Å². The maximum absolute atomic E-state index is 12.5. The van der Waals surface area contributed by atoms with Crippen molar-refractivity contribution in [2.24, 2.45) is 0 Å². The Hall–Kier alpha value is -2.07. The summed E-state index contributed by atoms with van der Waals surface area (Å²) >= 11 is 0. The lowest BCUT2D eigenvalue weighted by molar-refractivity contribution is -0.132. The van der Waals surface area contributed by atoms with E-state index in [4.69, 9.17) is 4.74 Å². The van der Waals surface area contributed by atoms with Crippen LogP contribution in [0.4, 0.5) is 0 Å². The third-order valence-corrected chi connectivity index (χ3v) is 4.37. The van der Waals surface area contributed by atoms with Crippen molar-refractivity contribution < 1.29 is 9.53 Å². The van der Waals surface area contributed by atoms with Crippen LogP contribution in [0.15, 0.2) is 42.6 Å². The molecule has 1 heterocycles. The fraction of sp³-hybridized carbons (Fsp3) is 0.476. The molecule has 0 bridgehead atoms. The Balaban J connectivity index is 2.08. The highest BCUT2D eigenvalue weighted by Crippen LogP contribution is 2.13. The van der Waals surface area contributed by atoms with Gasteiger partial charge in [-0.2, -0.15) is 0 Å². The van der Waals surface area contributed by atoms with Gasteiger partial charge < -0.3 is 14.2 Å². The van der Waals surface area contributed by atoms with Crippen LogP contribution in [-0.2, 0) is 22.6 Å². The molecule has 2 aromatic rings. The minimum Gasteiger partial charge on any atom is -0.383 e. The minimum atomic E-state index is 0.210. The van der Waals surface area contributed by atoms with Crippen LogP contribution in [0.1, 0.15) is 43.0 Å². The van der Waals surface area contributed by atoms with E-state index in [-0.39, 0.29) is 5.91 Å². The maximum Gasteiger partial charge on any atom is 0.222 e. The standard InChI is InChI=1S/C21H30N2O2/c1-4-5-11-21(24)23(13-14-25-3)17-20-10-7-12-22(20)16-19-9-6-8-18(2)15-19/h6-10,12,15H,4-5,11,13-14,16-17H2,1-3H3. The lowest BCUT2D eigenvalue weighted by Crippen LogP contribution is -2.34. The second-order valence-corrected chi connectivity index (χ2v) is 6.53. The van der Waals surface area contributed by atoms with Gasteiger partial charge in [0.05, 0.1) is 13.2 Å². The van der Waals surface area contributed by atoms with Crippen molar-refractivity contribution in [3.05, 3.63) is 59.4 Å². The molecule has 0 saturated heterocycles. The number of hydrogen-bond donors (Lipinski definition) is 0. The van der Waals surface area contributed by atoms with Gasteiger partial charge in [0.15, 0.2) is 0 Å².